The highest BCUT2D eigenvalue weighted by Gasteiger charge is 2.28. The molecule has 5 heteroatoms. The third-order valence-corrected chi connectivity index (χ3v) is 0.475. The summed E-state index contributed by atoms with van der Waals surface area (Å²) in [5.41, 5.74) is 0.462. The van der Waals surface area contributed by atoms with E-state index in [-0.39, 0.29) is 0 Å². The van der Waals surface area contributed by atoms with Gasteiger partial charge >= 0.3 is 6.18 Å². The van der Waals surface area contributed by atoms with E-state index >= 15 is 0 Å². The van der Waals surface area contributed by atoms with E-state index in [1.807, 2.05) is 0 Å². The lowest BCUT2D eigenvalue weighted by Crippen LogP contribution is -2.15. The quantitative estimate of drug-likeness (QED) is 0.441. The highest BCUT2D eigenvalue weighted by Crippen LogP contribution is 2.14. The minimum atomic E-state index is -4.29. The van der Waals surface area contributed by atoms with Gasteiger partial charge in [0.15, 0.2) is 0 Å². The lowest BCUT2D eigenvalue weighted by molar-refractivity contribution is -0.173. The maximum Gasteiger partial charge on any atom is 0.425 e. The summed E-state index contributed by atoms with van der Waals surface area (Å²) in [5, 5.41) is 3.11. The smallest absolute Gasteiger partial charge is 0.386 e. The van der Waals surface area contributed by atoms with Crippen LogP contribution in [0.1, 0.15) is 13.8 Å². The second-order valence-corrected chi connectivity index (χ2v) is 1.93. The minimum Gasteiger partial charge on any atom is -0.386 e. The first-order valence-electron chi connectivity index (χ1n) is 2.62. The number of nitrogens with zero attached hydrogens (tertiary/aromatic N) is 1. The van der Waals surface area contributed by atoms with E-state index in [0.29, 0.717) is 5.71 Å². The van der Waals surface area contributed by atoms with Gasteiger partial charge in [0.1, 0.15) is 0 Å². The monoisotopic (exact) mass is 155 g/mol. The molecule has 0 saturated heterocycles. The average Bonchev–Trinajstić information content (AvgIpc) is 1.59. The van der Waals surface area contributed by atoms with Crippen molar-refractivity contribution in [3.8, 4) is 0 Å². The minimum absolute atomic E-state index is 0.462. The summed E-state index contributed by atoms with van der Waals surface area (Å²) in [7, 11) is 0. The lowest BCUT2D eigenvalue weighted by Gasteiger charge is -2.02. The molecule has 0 unspecified atom stereocenters. The third-order valence-electron chi connectivity index (χ3n) is 0.475. The van der Waals surface area contributed by atoms with Gasteiger partial charge in [0.2, 0.25) is 6.61 Å². The molecule has 0 aliphatic carbocycles. The largest absolute Gasteiger partial charge is 0.425 e. The van der Waals surface area contributed by atoms with E-state index in [2.05, 4.69) is 9.99 Å². The van der Waals surface area contributed by atoms with Crippen LogP contribution in [-0.4, -0.2) is 18.5 Å². The van der Waals surface area contributed by atoms with Gasteiger partial charge in [-0.05, 0) is 13.8 Å². The predicted octanol–water partition coefficient (Wildman–Crippen LogP) is 1.96. The normalized spacial score (nSPS) is 10.9. The Morgan fingerprint density at radius 2 is 1.90 bits per heavy atom. The number of alkyl halides is 3. The van der Waals surface area contributed by atoms with Gasteiger partial charge in [0, 0.05) is 0 Å². The standard InChI is InChI=1S/C5H8F3NO/c1-4(2)9-10-3-5(6,7)8/h3H2,1-2H3. The zero-order chi connectivity index (χ0) is 8.20. The molecule has 0 aliphatic heterocycles. The van der Waals surface area contributed by atoms with Crippen molar-refractivity contribution in [1.29, 1.82) is 0 Å². The van der Waals surface area contributed by atoms with Gasteiger partial charge < -0.3 is 4.84 Å². The Hall–Kier alpha value is -0.740. The van der Waals surface area contributed by atoms with Crippen LogP contribution < -0.4 is 0 Å². The molecule has 0 aromatic heterocycles. The van der Waals surface area contributed by atoms with E-state index in [1.54, 1.807) is 13.8 Å². The fourth-order valence-corrected chi connectivity index (χ4v) is 0.235. The van der Waals surface area contributed by atoms with Crippen molar-refractivity contribution >= 4 is 5.71 Å². The fraction of sp³-hybridized carbons (Fsp3) is 0.800. The maximum atomic E-state index is 11.3. The Balaban J connectivity index is 3.47. The second-order valence-electron chi connectivity index (χ2n) is 1.93. The number of hydrogen-bond donors (Lipinski definition) is 0. The molecule has 0 spiro atoms. The zero-order valence-corrected chi connectivity index (χ0v) is 5.70. The first kappa shape index (κ1) is 9.26. The first-order valence-corrected chi connectivity index (χ1v) is 2.62. The zero-order valence-electron chi connectivity index (χ0n) is 5.70. The molecule has 0 aromatic rings. The van der Waals surface area contributed by atoms with Gasteiger partial charge in [0.05, 0.1) is 5.71 Å². The van der Waals surface area contributed by atoms with Crippen molar-refractivity contribution in [2.75, 3.05) is 6.61 Å². The Morgan fingerprint density at radius 1 is 1.40 bits per heavy atom. The van der Waals surface area contributed by atoms with Gasteiger partial charge in [0.25, 0.3) is 0 Å². The lowest BCUT2D eigenvalue weighted by atomic mass is 10.5. The second kappa shape index (κ2) is 3.43. The summed E-state index contributed by atoms with van der Waals surface area (Å²) in [5.74, 6) is 0. The van der Waals surface area contributed by atoms with Gasteiger partial charge in [-0.1, -0.05) is 5.16 Å². The molecule has 0 N–H and O–H groups in total. The van der Waals surface area contributed by atoms with E-state index in [4.69, 9.17) is 0 Å². The topological polar surface area (TPSA) is 21.6 Å². The molecular weight excluding hydrogens is 147 g/mol. The van der Waals surface area contributed by atoms with Crippen molar-refractivity contribution < 1.29 is 18.0 Å². The summed E-state index contributed by atoms with van der Waals surface area (Å²) in [4.78, 5) is 3.92. The molecule has 0 heterocycles. The fourth-order valence-electron chi connectivity index (χ4n) is 0.235. The summed E-state index contributed by atoms with van der Waals surface area (Å²) in [6, 6.07) is 0. The molecule has 0 radical (unpaired) electrons. The highest BCUT2D eigenvalue weighted by atomic mass is 19.4. The van der Waals surface area contributed by atoms with Gasteiger partial charge in [-0.3, -0.25) is 0 Å². The molecular formula is C5H8F3NO. The molecule has 60 valence electrons. The molecule has 0 rings (SSSR count). The van der Waals surface area contributed by atoms with E-state index in [0.717, 1.165) is 0 Å². The van der Waals surface area contributed by atoms with E-state index in [1.165, 1.54) is 0 Å². The van der Waals surface area contributed by atoms with Crippen LogP contribution in [-0.2, 0) is 4.84 Å². The number of rotatable bonds is 2. The van der Waals surface area contributed by atoms with Crippen molar-refractivity contribution in [3.05, 3.63) is 0 Å². The van der Waals surface area contributed by atoms with Crippen LogP contribution in [0.15, 0.2) is 5.16 Å². The van der Waals surface area contributed by atoms with Crippen LogP contribution >= 0.6 is 0 Å². The van der Waals surface area contributed by atoms with Gasteiger partial charge in [-0.15, -0.1) is 0 Å². The van der Waals surface area contributed by atoms with Crippen LogP contribution in [0, 0.1) is 0 Å². The van der Waals surface area contributed by atoms with Crippen molar-refractivity contribution in [3.63, 3.8) is 0 Å². The molecule has 0 amide bonds. The average molecular weight is 155 g/mol. The highest BCUT2D eigenvalue weighted by molar-refractivity contribution is 5.78. The Kier molecular flexibility index (Phi) is 3.18. The van der Waals surface area contributed by atoms with Crippen LogP contribution in [0.2, 0.25) is 0 Å². The molecule has 0 aromatic carbocycles. The molecule has 0 bridgehead atoms. The first-order chi connectivity index (χ1) is 4.42. The number of hydrogen-bond acceptors (Lipinski definition) is 2. The Labute approximate surface area is 56.7 Å². The van der Waals surface area contributed by atoms with E-state index in [9.17, 15) is 13.2 Å². The SMILES string of the molecule is CC(C)=NOCC(F)(F)F. The Bertz CT molecular complexity index is 125. The summed E-state index contributed by atoms with van der Waals surface area (Å²) < 4.78 is 33.9. The van der Waals surface area contributed by atoms with Crippen LogP contribution in [0.25, 0.3) is 0 Å². The molecule has 0 aliphatic rings. The Morgan fingerprint density at radius 3 is 2.20 bits per heavy atom. The van der Waals surface area contributed by atoms with Crippen LogP contribution in [0.3, 0.4) is 0 Å². The summed E-state index contributed by atoms with van der Waals surface area (Å²) in [6.45, 7) is 1.78. The van der Waals surface area contributed by atoms with Crippen molar-refractivity contribution in [2.24, 2.45) is 5.16 Å². The third kappa shape index (κ3) is 7.26. The van der Waals surface area contributed by atoms with Gasteiger partial charge in [-0.2, -0.15) is 13.2 Å². The maximum absolute atomic E-state index is 11.3. The number of halogens is 3. The predicted molar refractivity (Wildman–Crippen MR) is 30.8 cm³/mol. The van der Waals surface area contributed by atoms with E-state index < -0.39 is 12.8 Å². The van der Waals surface area contributed by atoms with Crippen molar-refractivity contribution in [2.45, 2.75) is 20.0 Å². The van der Waals surface area contributed by atoms with Crippen LogP contribution in [0.4, 0.5) is 13.2 Å². The van der Waals surface area contributed by atoms with Crippen molar-refractivity contribution in [1.82, 2.24) is 0 Å². The molecule has 0 fully saturated rings. The summed E-state index contributed by atoms with van der Waals surface area (Å²) >= 11 is 0. The molecule has 0 atom stereocenters. The molecule has 0 saturated carbocycles. The van der Waals surface area contributed by atoms with Gasteiger partial charge in [-0.25, -0.2) is 0 Å². The summed E-state index contributed by atoms with van der Waals surface area (Å²) in [6.07, 6.45) is -4.29. The number of oxime groups is 1. The molecule has 2 nitrogen and oxygen atoms in total. The van der Waals surface area contributed by atoms with Crippen LogP contribution in [0.5, 0.6) is 0 Å². The molecule has 10 heavy (non-hydrogen) atoms.